The summed E-state index contributed by atoms with van der Waals surface area (Å²) in [6.45, 7) is 6.29. The van der Waals surface area contributed by atoms with Gasteiger partial charge >= 0.3 is 0 Å². The van der Waals surface area contributed by atoms with Gasteiger partial charge in [0.05, 0.1) is 13.2 Å². The minimum atomic E-state index is -0.278. The molecule has 2 aromatic rings. The quantitative estimate of drug-likeness (QED) is 0.844. The van der Waals surface area contributed by atoms with Crippen molar-refractivity contribution >= 4 is 5.91 Å². The Morgan fingerprint density at radius 3 is 2.46 bits per heavy atom. The molecule has 1 aromatic heterocycles. The van der Waals surface area contributed by atoms with E-state index in [1.807, 2.05) is 63.2 Å². The smallest absolute Gasteiger partial charge is 0.254 e. The van der Waals surface area contributed by atoms with E-state index in [2.05, 4.69) is 14.9 Å². The van der Waals surface area contributed by atoms with Gasteiger partial charge in [0, 0.05) is 30.0 Å². The second kappa shape index (κ2) is 7.93. The molecule has 1 aliphatic rings. The van der Waals surface area contributed by atoms with Gasteiger partial charge < -0.3 is 14.5 Å². The fourth-order valence-corrected chi connectivity index (χ4v) is 3.19. The average Bonchev–Trinajstić information content (AvgIpc) is 2.60. The molecule has 1 amide bonds. The van der Waals surface area contributed by atoms with E-state index >= 15 is 0 Å². The van der Waals surface area contributed by atoms with E-state index in [9.17, 15) is 4.79 Å². The molecule has 2 heterocycles. The number of morpholine rings is 1. The van der Waals surface area contributed by atoms with Gasteiger partial charge in [-0.05, 0) is 51.7 Å². The largest absolute Gasteiger partial charge is 0.367 e. The third-order valence-electron chi connectivity index (χ3n) is 4.34. The van der Waals surface area contributed by atoms with E-state index in [1.165, 1.54) is 5.56 Å². The molecule has 138 valence electrons. The summed E-state index contributed by atoms with van der Waals surface area (Å²) >= 11 is 0. The number of carbonyl (C=O) groups excluding carboxylic acids is 1. The minimum absolute atomic E-state index is 0.0269. The SMILES string of the molecule is Cc1cc(C)nc(C2CN(C(=O)c3ccc(CN(C)C)cc3)CCO2)n1. The highest BCUT2D eigenvalue weighted by Crippen LogP contribution is 2.21. The Bertz CT molecular complexity index is 754. The molecule has 1 aromatic carbocycles. The highest BCUT2D eigenvalue weighted by Gasteiger charge is 2.28. The van der Waals surface area contributed by atoms with Crippen molar-refractivity contribution in [3.05, 3.63) is 58.7 Å². The van der Waals surface area contributed by atoms with Crippen LogP contribution < -0.4 is 0 Å². The van der Waals surface area contributed by atoms with E-state index in [1.54, 1.807) is 0 Å². The first kappa shape index (κ1) is 18.5. The fourth-order valence-electron chi connectivity index (χ4n) is 3.19. The molecule has 0 N–H and O–H groups in total. The maximum Gasteiger partial charge on any atom is 0.254 e. The summed E-state index contributed by atoms with van der Waals surface area (Å²) in [4.78, 5) is 25.8. The Labute approximate surface area is 154 Å². The summed E-state index contributed by atoms with van der Waals surface area (Å²) in [7, 11) is 4.06. The summed E-state index contributed by atoms with van der Waals surface area (Å²) < 4.78 is 5.83. The molecule has 1 atom stereocenters. The Morgan fingerprint density at radius 1 is 1.19 bits per heavy atom. The first-order valence-electron chi connectivity index (χ1n) is 8.89. The maximum atomic E-state index is 12.9. The van der Waals surface area contributed by atoms with Crippen molar-refractivity contribution in [2.45, 2.75) is 26.5 Å². The van der Waals surface area contributed by atoms with Crippen LogP contribution in [0.25, 0.3) is 0 Å². The zero-order valence-corrected chi connectivity index (χ0v) is 15.9. The molecule has 0 aliphatic carbocycles. The zero-order valence-electron chi connectivity index (χ0n) is 15.9. The predicted molar refractivity (Wildman–Crippen MR) is 99.9 cm³/mol. The third kappa shape index (κ3) is 4.45. The summed E-state index contributed by atoms with van der Waals surface area (Å²) in [5, 5.41) is 0. The van der Waals surface area contributed by atoms with Crippen molar-refractivity contribution in [3.8, 4) is 0 Å². The molecule has 0 radical (unpaired) electrons. The average molecular weight is 354 g/mol. The maximum absolute atomic E-state index is 12.9. The lowest BCUT2D eigenvalue weighted by Gasteiger charge is -2.32. The van der Waals surface area contributed by atoms with E-state index in [0.717, 1.165) is 17.9 Å². The number of carbonyl (C=O) groups is 1. The lowest BCUT2D eigenvalue weighted by atomic mass is 10.1. The van der Waals surface area contributed by atoms with Crippen molar-refractivity contribution in [1.82, 2.24) is 19.8 Å². The normalized spacial score (nSPS) is 17.6. The zero-order chi connectivity index (χ0) is 18.7. The second-order valence-corrected chi connectivity index (χ2v) is 7.05. The molecule has 26 heavy (non-hydrogen) atoms. The third-order valence-corrected chi connectivity index (χ3v) is 4.34. The van der Waals surface area contributed by atoms with Crippen LogP contribution in [0.5, 0.6) is 0 Å². The molecule has 0 saturated carbocycles. The molecule has 3 rings (SSSR count). The van der Waals surface area contributed by atoms with Gasteiger partial charge in [-0.1, -0.05) is 12.1 Å². The van der Waals surface area contributed by atoms with Crippen LogP contribution in [0.3, 0.4) is 0 Å². The number of nitrogens with zero attached hydrogens (tertiary/aromatic N) is 4. The number of benzene rings is 1. The topological polar surface area (TPSA) is 58.6 Å². The second-order valence-electron chi connectivity index (χ2n) is 7.05. The first-order valence-corrected chi connectivity index (χ1v) is 8.89. The van der Waals surface area contributed by atoms with Crippen LogP contribution in [0.2, 0.25) is 0 Å². The number of aromatic nitrogens is 2. The summed E-state index contributed by atoms with van der Waals surface area (Å²) in [6.07, 6.45) is -0.278. The van der Waals surface area contributed by atoms with Crippen molar-refractivity contribution in [1.29, 1.82) is 0 Å². The summed E-state index contributed by atoms with van der Waals surface area (Å²) in [6, 6.07) is 9.76. The lowest BCUT2D eigenvalue weighted by molar-refractivity contribution is -0.0269. The van der Waals surface area contributed by atoms with Gasteiger partial charge in [-0.25, -0.2) is 9.97 Å². The number of aryl methyl sites for hydroxylation is 2. The number of ether oxygens (including phenoxy) is 1. The van der Waals surface area contributed by atoms with Crippen LogP contribution >= 0.6 is 0 Å². The molecule has 1 aliphatic heterocycles. The molecule has 1 fully saturated rings. The number of hydrogen-bond acceptors (Lipinski definition) is 5. The number of rotatable bonds is 4. The molecule has 1 unspecified atom stereocenters. The Morgan fingerprint density at radius 2 is 1.85 bits per heavy atom. The van der Waals surface area contributed by atoms with Crippen molar-refractivity contribution < 1.29 is 9.53 Å². The van der Waals surface area contributed by atoms with Crippen LogP contribution in [-0.2, 0) is 11.3 Å². The van der Waals surface area contributed by atoms with Gasteiger partial charge in [-0.3, -0.25) is 4.79 Å². The molecular weight excluding hydrogens is 328 g/mol. The molecular formula is C20H26N4O2. The van der Waals surface area contributed by atoms with Crippen molar-refractivity contribution in [2.75, 3.05) is 33.8 Å². The van der Waals surface area contributed by atoms with Gasteiger partial charge in [0.2, 0.25) is 0 Å². The highest BCUT2D eigenvalue weighted by molar-refractivity contribution is 5.94. The standard InChI is InChI=1S/C20H26N4O2/c1-14-11-15(2)22-19(21-14)18-13-24(9-10-26-18)20(25)17-7-5-16(6-8-17)12-23(3)4/h5-8,11,18H,9-10,12-13H2,1-4H3. The van der Waals surface area contributed by atoms with Crippen LogP contribution in [0, 0.1) is 13.8 Å². The van der Waals surface area contributed by atoms with E-state index in [-0.39, 0.29) is 12.0 Å². The molecule has 0 bridgehead atoms. The Hall–Kier alpha value is -2.31. The summed E-state index contributed by atoms with van der Waals surface area (Å²) in [5.74, 6) is 0.681. The van der Waals surface area contributed by atoms with Gasteiger partial charge in [0.25, 0.3) is 5.91 Å². The van der Waals surface area contributed by atoms with E-state index in [4.69, 9.17) is 4.74 Å². The van der Waals surface area contributed by atoms with Gasteiger partial charge in [0.1, 0.15) is 6.10 Å². The van der Waals surface area contributed by atoms with Crippen LogP contribution in [0.4, 0.5) is 0 Å². The van der Waals surface area contributed by atoms with Crippen LogP contribution in [0.1, 0.15) is 39.2 Å². The molecule has 6 nitrogen and oxygen atoms in total. The molecule has 0 spiro atoms. The summed E-state index contributed by atoms with van der Waals surface area (Å²) in [5.41, 5.74) is 3.72. The van der Waals surface area contributed by atoms with Crippen molar-refractivity contribution in [2.24, 2.45) is 0 Å². The monoisotopic (exact) mass is 354 g/mol. The fraction of sp³-hybridized carbons (Fsp3) is 0.450. The Kier molecular flexibility index (Phi) is 5.64. The lowest BCUT2D eigenvalue weighted by Crippen LogP contribution is -2.42. The molecule has 1 saturated heterocycles. The van der Waals surface area contributed by atoms with Crippen LogP contribution in [0.15, 0.2) is 30.3 Å². The highest BCUT2D eigenvalue weighted by atomic mass is 16.5. The predicted octanol–water partition coefficient (Wildman–Crippen LogP) is 2.37. The minimum Gasteiger partial charge on any atom is -0.367 e. The Balaban J connectivity index is 1.71. The van der Waals surface area contributed by atoms with Gasteiger partial charge in [-0.15, -0.1) is 0 Å². The van der Waals surface area contributed by atoms with E-state index < -0.39 is 0 Å². The van der Waals surface area contributed by atoms with Gasteiger partial charge in [-0.2, -0.15) is 0 Å². The number of hydrogen-bond donors (Lipinski definition) is 0. The van der Waals surface area contributed by atoms with E-state index in [0.29, 0.717) is 31.1 Å². The van der Waals surface area contributed by atoms with Gasteiger partial charge in [0.15, 0.2) is 5.82 Å². The van der Waals surface area contributed by atoms with Crippen molar-refractivity contribution in [3.63, 3.8) is 0 Å². The first-order chi connectivity index (χ1) is 12.4. The van der Waals surface area contributed by atoms with Crippen LogP contribution in [-0.4, -0.2) is 59.5 Å². The number of amides is 1. The molecule has 6 heteroatoms.